The molecule has 7 nitrogen and oxygen atoms in total. The number of aryl methyl sites for hydroxylation is 2. The van der Waals surface area contributed by atoms with E-state index in [1.54, 1.807) is 4.52 Å². The molecule has 2 heterocycles. The van der Waals surface area contributed by atoms with Crippen molar-refractivity contribution < 1.29 is 9.90 Å². The van der Waals surface area contributed by atoms with Gasteiger partial charge >= 0.3 is 0 Å². The summed E-state index contributed by atoms with van der Waals surface area (Å²) in [5, 5.41) is 15.1. The van der Waals surface area contributed by atoms with Crippen molar-refractivity contribution in [1.29, 1.82) is 0 Å². The monoisotopic (exact) mass is 354 g/mol. The summed E-state index contributed by atoms with van der Waals surface area (Å²) in [6.07, 6.45) is 0.767. The minimum atomic E-state index is -0.424. The van der Waals surface area contributed by atoms with Crippen molar-refractivity contribution in [2.75, 3.05) is 6.61 Å². The normalized spacial score (nSPS) is 12.3. The number of amides is 1. The highest BCUT2D eigenvalue weighted by atomic mass is 16.3. The summed E-state index contributed by atoms with van der Waals surface area (Å²) < 4.78 is 1.64. The Hall–Kier alpha value is -2.93. The Morgan fingerprint density at radius 3 is 2.73 bits per heavy atom. The van der Waals surface area contributed by atoms with Crippen LogP contribution in [0.3, 0.4) is 0 Å². The molecule has 0 unspecified atom stereocenters. The van der Waals surface area contributed by atoms with Crippen LogP contribution in [0.5, 0.6) is 0 Å². The van der Waals surface area contributed by atoms with Crippen LogP contribution in [-0.4, -0.2) is 32.2 Å². The zero-order chi connectivity index (χ0) is 18.7. The van der Waals surface area contributed by atoms with Crippen LogP contribution in [-0.2, 0) is 11.2 Å². The highest BCUT2D eigenvalue weighted by Gasteiger charge is 2.16. The maximum Gasteiger partial charge on any atom is 0.266 e. The van der Waals surface area contributed by atoms with Gasteiger partial charge in [-0.15, -0.1) is 0 Å². The second-order valence-corrected chi connectivity index (χ2v) is 6.29. The van der Waals surface area contributed by atoms with Crippen LogP contribution in [0.1, 0.15) is 35.0 Å². The van der Waals surface area contributed by atoms with Gasteiger partial charge in [0.1, 0.15) is 0 Å². The molecule has 3 N–H and O–H groups in total. The zero-order valence-corrected chi connectivity index (χ0v) is 14.8. The lowest BCUT2D eigenvalue weighted by Gasteiger charge is -2.17. The number of carbonyl (C=O) groups is 1. The number of benzene rings is 1. The maximum absolute atomic E-state index is 12.3. The zero-order valence-electron chi connectivity index (χ0n) is 14.8. The van der Waals surface area contributed by atoms with Crippen LogP contribution in [0.15, 0.2) is 41.2 Å². The third kappa shape index (κ3) is 3.67. The Labute approximate surface area is 150 Å². The maximum atomic E-state index is 12.3. The fourth-order valence-corrected chi connectivity index (χ4v) is 3.14. The first kappa shape index (κ1) is 17.9. The second-order valence-electron chi connectivity index (χ2n) is 6.29. The first-order valence-electron chi connectivity index (χ1n) is 8.52. The lowest BCUT2D eigenvalue weighted by molar-refractivity contribution is -0.122. The van der Waals surface area contributed by atoms with Gasteiger partial charge in [-0.3, -0.25) is 14.7 Å². The fraction of sp³-hybridized carbons (Fsp3) is 0.316. The van der Waals surface area contributed by atoms with E-state index >= 15 is 0 Å². The standard InChI is InChI=1S/C19H22N4O3/c1-12-15(13(2)23-17(20-12)10-19(26)22-23)8-9-18(25)21-16(11-24)14-6-4-3-5-7-14/h3-7,10,16,24H,8-9,11H2,1-2H3,(H,21,25)(H,22,26)/t16-/m1/s1. The van der Waals surface area contributed by atoms with Gasteiger partial charge in [-0.1, -0.05) is 30.3 Å². The van der Waals surface area contributed by atoms with E-state index < -0.39 is 6.04 Å². The van der Waals surface area contributed by atoms with E-state index in [1.165, 1.54) is 6.07 Å². The summed E-state index contributed by atoms with van der Waals surface area (Å²) in [6, 6.07) is 10.4. The van der Waals surface area contributed by atoms with Crippen molar-refractivity contribution in [3.63, 3.8) is 0 Å². The van der Waals surface area contributed by atoms with Crippen LogP contribution in [0, 0.1) is 13.8 Å². The van der Waals surface area contributed by atoms with Gasteiger partial charge in [0.05, 0.1) is 12.6 Å². The Morgan fingerprint density at radius 1 is 1.31 bits per heavy atom. The molecule has 0 fully saturated rings. The number of nitrogens with one attached hydrogen (secondary N) is 2. The molecule has 0 aliphatic carbocycles. The Kier molecular flexibility index (Phi) is 5.18. The first-order chi connectivity index (χ1) is 12.5. The molecular formula is C19H22N4O3. The number of H-pyrrole nitrogens is 1. The van der Waals surface area contributed by atoms with Gasteiger partial charge in [0.25, 0.3) is 5.56 Å². The predicted molar refractivity (Wildman–Crippen MR) is 98.0 cm³/mol. The van der Waals surface area contributed by atoms with E-state index in [2.05, 4.69) is 15.4 Å². The molecular weight excluding hydrogens is 332 g/mol. The number of rotatable bonds is 6. The van der Waals surface area contributed by atoms with Crippen molar-refractivity contribution in [2.24, 2.45) is 0 Å². The summed E-state index contributed by atoms with van der Waals surface area (Å²) in [6.45, 7) is 3.61. The van der Waals surface area contributed by atoms with Crippen LogP contribution < -0.4 is 10.9 Å². The van der Waals surface area contributed by atoms with Crippen molar-refractivity contribution in [3.05, 3.63) is 69.3 Å². The quantitative estimate of drug-likeness (QED) is 0.623. The molecule has 0 saturated carbocycles. The lowest BCUT2D eigenvalue weighted by atomic mass is 10.0. The summed E-state index contributed by atoms with van der Waals surface area (Å²) in [5.74, 6) is -0.146. The van der Waals surface area contributed by atoms with Gasteiger partial charge in [0, 0.05) is 23.9 Å². The molecule has 0 radical (unpaired) electrons. The first-order valence-corrected chi connectivity index (χ1v) is 8.52. The van der Waals surface area contributed by atoms with E-state index in [9.17, 15) is 14.7 Å². The molecule has 2 aromatic heterocycles. The number of aromatic nitrogens is 3. The number of fused-ring (bicyclic) bond motifs is 1. The Balaban J connectivity index is 1.71. The highest BCUT2D eigenvalue weighted by Crippen LogP contribution is 2.16. The number of aromatic amines is 1. The fourth-order valence-electron chi connectivity index (χ4n) is 3.14. The molecule has 1 aromatic carbocycles. The van der Waals surface area contributed by atoms with Crippen LogP contribution in [0.4, 0.5) is 0 Å². The number of hydrogen-bond acceptors (Lipinski definition) is 4. The van der Waals surface area contributed by atoms with Gasteiger partial charge in [-0.25, -0.2) is 9.50 Å². The molecule has 0 spiro atoms. The van der Waals surface area contributed by atoms with Crippen molar-refractivity contribution >= 4 is 11.6 Å². The molecule has 26 heavy (non-hydrogen) atoms. The number of hydrogen-bond donors (Lipinski definition) is 3. The van der Waals surface area contributed by atoms with E-state index in [0.717, 1.165) is 22.5 Å². The SMILES string of the molecule is Cc1nc2cc(=O)[nH]n2c(C)c1CCC(=O)N[C@H](CO)c1ccccc1. The smallest absolute Gasteiger partial charge is 0.266 e. The molecule has 3 rings (SSSR count). The minimum Gasteiger partial charge on any atom is -0.394 e. The van der Waals surface area contributed by atoms with Crippen LogP contribution in [0.25, 0.3) is 5.65 Å². The van der Waals surface area contributed by atoms with E-state index in [1.807, 2.05) is 44.2 Å². The minimum absolute atomic E-state index is 0.146. The largest absolute Gasteiger partial charge is 0.394 e. The molecule has 0 saturated heterocycles. The predicted octanol–water partition coefficient (Wildman–Crippen LogP) is 1.42. The third-order valence-electron chi connectivity index (χ3n) is 4.52. The van der Waals surface area contributed by atoms with Gasteiger partial charge in [-0.05, 0) is 31.4 Å². The number of aliphatic hydroxyl groups is 1. The number of nitrogens with zero attached hydrogens (tertiary/aromatic N) is 2. The van der Waals surface area contributed by atoms with Crippen molar-refractivity contribution in [2.45, 2.75) is 32.7 Å². The summed E-state index contributed by atoms with van der Waals surface area (Å²) >= 11 is 0. The van der Waals surface area contributed by atoms with Gasteiger partial charge in [-0.2, -0.15) is 0 Å². The Bertz CT molecular complexity index is 976. The summed E-state index contributed by atoms with van der Waals surface area (Å²) in [5.41, 5.74) is 3.83. The van der Waals surface area contributed by atoms with E-state index in [0.29, 0.717) is 12.1 Å². The molecule has 1 amide bonds. The third-order valence-corrected chi connectivity index (χ3v) is 4.52. The molecule has 0 aliphatic rings. The average Bonchev–Trinajstić information content (AvgIpc) is 3.00. The van der Waals surface area contributed by atoms with Crippen LogP contribution in [0.2, 0.25) is 0 Å². The van der Waals surface area contributed by atoms with Crippen LogP contribution >= 0.6 is 0 Å². The Morgan fingerprint density at radius 2 is 2.04 bits per heavy atom. The molecule has 1 atom stereocenters. The molecule has 0 aliphatic heterocycles. The van der Waals surface area contributed by atoms with Gasteiger partial charge in [0.2, 0.25) is 5.91 Å². The van der Waals surface area contributed by atoms with E-state index in [4.69, 9.17) is 0 Å². The second kappa shape index (κ2) is 7.53. The van der Waals surface area contributed by atoms with E-state index in [-0.39, 0.29) is 24.5 Å². The molecule has 7 heteroatoms. The van der Waals surface area contributed by atoms with Crippen molar-refractivity contribution in [1.82, 2.24) is 19.9 Å². The lowest BCUT2D eigenvalue weighted by Crippen LogP contribution is -2.31. The highest BCUT2D eigenvalue weighted by molar-refractivity contribution is 5.76. The molecule has 0 bridgehead atoms. The van der Waals surface area contributed by atoms with Gasteiger partial charge in [0.15, 0.2) is 5.65 Å². The number of carbonyl (C=O) groups excluding carboxylic acids is 1. The average molecular weight is 354 g/mol. The topological polar surface area (TPSA) is 99.5 Å². The summed E-state index contributed by atoms with van der Waals surface area (Å²) in [7, 11) is 0. The number of aliphatic hydroxyl groups excluding tert-OH is 1. The van der Waals surface area contributed by atoms with Gasteiger partial charge < -0.3 is 10.4 Å². The summed E-state index contributed by atoms with van der Waals surface area (Å²) in [4.78, 5) is 28.3. The molecule has 136 valence electrons. The molecule has 3 aromatic rings. The van der Waals surface area contributed by atoms with Crippen molar-refractivity contribution in [3.8, 4) is 0 Å².